The third-order valence-corrected chi connectivity index (χ3v) is 3.19. The first-order valence-corrected chi connectivity index (χ1v) is 6.78. The molecule has 0 radical (unpaired) electrons. The highest BCUT2D eigenvalue weighted by atomic mass is 35.5. The van der Waals surface area contributed by atoms with Gasteiger partial charge < -0.3 is 15.2 Å². The molecule has 21 heavy (non-hydrogen) atoms. The molecule has 0 heterocycles. The first-order chi connectivity index (χ1) is 9.78. The number of hydrogen-bond acceptors (Lipinski definition) is 3. The van der Waals surface area contributed by atoms with E-state index >= 15 is 0 Å². The molecule has 1 unspecified atom stereocenters. The van der Waals surface area contributed by atoms with Crippen molar-refractivity contribution in [1.82, 2.24) is 5.32 Å². The molecule has 1 atom stereocenters. The van der Waals surface area contributed by atoms with E-state index in [1.807, 2.05) is 6.92 Å². The fourth-order valence-corrected chi connectivity index (χ4v) is 2.02. The van der Waals surface area contributed by atoms with E-state index in [2.05, 4.69) is 5.32 Å². The van der Waals surface area contributed by atoms with Gasteiger partial charge in [-0.1, -0.05) is 24.9 Å². The van der Waals surface area contributed by atoms with Crippen LogP contribution in [0, 0.1) is 5.82 Å². The van der Waals surface area contributed by atoms with Gasteiger partial charge in [0.15, 0.2) is 6.61 Å². The minimum Gasteiger partial charge on any atom is -0.482 e. The Bertz CT molecular complexity index is 538. The van der Waals surface area contributed by atoms with Gasteiger partial charge in [0, 0.05) is 0 Å². The topological polar surface area (TPSA) is 75.6 Å². The lowest BCUT2D eigenvalue weighted by molar-refractivity contribution is -0.147. The zero-order chi connectivity index (χ0) is 16.0. The number of carbonyl (C=O) groups is 2. The lowest BCUT2D eigenvalue weighted by Crippen LogP contribution is -2.53. The fraction of sp³-hybridized carbons (Fsp3) is 0.429. The van der Waals surface area contributed by atoms with Gasteiger partial charge in [-0.15, -0.1) is 0 Å². The van der Waals surface area contributed by atoms with Crippen LogP contribution < -0.4 is 10.1 Å². The maximum Gasteiger partial charge on any atom is 0.329 e. The molecule has 116 valence electrons. The molecule has 1 rings (SSSR count). The predicted molar refractivity (Wildman–Crippen MR) is 76.0 cm³/mol. The van der Waals surface area contributed by atoms with Crippen LogP contribution in [0.5, 0.6) is 5.75 Å². The molecule has 7 heteroatoms. The van der Waals surface area contributed by atoms with Crippen LogP contribution in [0.1, 0.15) is 26.7 Å². The van der Waals surface area contributed by atoms with Gasteiger partial charge in [-0.25, -0.2) is 9.18 Å². The molecular weight excluding hydrogens is 301 g/mol. The molecule has 0 aromatic heterocycles. The number of carbonyl (C=O) groups excluding carboxylic acids is 1. The van der Waals surface area contributed by atoms with Gasteiger partial charge in [-0.2, -0.15) is 0 Å². The number of hydrogen-bond donors (Lipinski definition) is 2. The molecule has 0 spiro atoms. The highest BCUT2D eigenvalue weighted by Crippen LogP contribution is 2.24. The Morgan fingerprint density at radius 1 is 1.48 bits per heavy atom. The van der Waals surface area contributed by atoms with E-state index in [1.54, 1.807) is 0 Å². The van der Waals surface area contributed by atoms with Gasteiger partial charge in [-0.05, 0) is 31.5 Å². The van der Waals surface area contributed by atoms with Gasteiger partial charge in [0.1, 0.15) is 17.1 Å². The summed E-state index contributed by atoms with van der Waals surface area (Å²) >= 11 is 5.76. The second-order valence-electron chi connectivity index (χ2n) is 4.80. The molecule has 1 aromatic rings. The smallest absolute Gasteiger partial charge is 0.329 e. The zero-order valence-electron chi connectivity index (χ0n) is 11.8. The van der Waals surface area contributed by atoms with Crippen molar-refractivity contribution in [2.75, 3.05) is 6.61 Å². The highest BCUT2D eigenvalue weighted by Gasteiger charge is 2.33. The van der Waals surface area contributed by atoms with Crippen molar-refractivity contribution in [3.05, 3.63) is 29.0 Å². The van der Waals surface area contributed by atoms with E-state index in [1.165, 1.54) is 13.0 Å². The maximum atomic E-state index is 12.9. The van der Waals surface area contributed by atoms with Crippen molar-refractivity contribution in [2.24, 2.45) is 0 Å². The highest BCUT2D eigenvalue weighted by molar-refractivity contribution is 6.32. The zero-order valence-corrected chi connectivity index (χ0v) is 12.5. The van der Waals surface area contributed by atoms with Gasteiger partial charge in [0.2, 0.25) is 0 Å². The molecule has 0 fully saturated rings. The minimum atomic E-state index is -1.35. The Balaban J connectivity index is 2.63. The SMILES string of the molecule is CCCC(C)(NC(=O)COc1ccc(F)cc1Cl)C(=O)O. The Labute approximate surface area is 127 Å². The lowest BCUT2D eigenvalue weighted by Gasteiger charge is -2.25. The summed E-state index contributed by atoms with van der Waals surface area (Å²) in [6.07, 6.45) is 0.902. The quantitative estimate of drug-likeness (QED) is 0.810. The van der Waals surface area contributed by atoms with Gasteiger partial charge in [0.25, 0.3) is 5.91 Å². The van der Waals surface area contributed by atoms with Crippen LogP contribution in [-0.2, 0) is 9.59 Å². The van der Waals surface area contributed by atoms with E-state index in [9.17, 15) is 14.0 Å². The van der Waals surface area contributed by atoms with Crippen LogP contribution >= 0.6 is 11.6 Å². The van der Waals surface area contributed by atoms with Gasteiger partial charge >= 0.3 is 5.97 Å². The standard InChI is InChI=1S/C14H17ClFNO4/c1-3-6-14(2,13(19)20)17-12(18)8-21-11-5-4-9(16)7-10(11)15/h4-5,7H,3,6,8H2,1-2H3,(H,17,18)(H,19,20). The van der Waals surface area contributed by atoms with Crippen LogP contribution in [0.4, 0.5) is 4.39 Å². The summed E-state index contributed by atoms with van der Waals surface area (Å²) in [4.78, 5) is 23.0. The molecule has 1 amide bonds. The van der Waals surface area contributed by atoms with Crippen molar-refractivity contribution >= 4 is 23.5 Å². The summed E-state index contributed by atoms with van der Waals surface area (Å²) in [6, 6.07) is 3.51. The minimum absolute atomic E-state index is 0.0392. The van der Waals surface area contributed by atoms with E-state index < -0.39 is 29.8 Å². The second kappa shape index (κ2) is 7.26. The molecule has 0 bridgehead atoms. The van der Waals surface area contributed by atoms with E-state index in [0.717, 1.165) is 12.1 Å². The Hall–Kier alpha value is -1.82. The Kier molecular flexibility index (Phi) is 5.96. The summed E-state index contributed by atoms with van der Waals surface area (Å²) in [7, 11) is 0. The third kappa shape index (κ3) is 4.90. The van der Waals surface area contributed by atoms with Crippen LogP contribution in [0.15, 0.2) is 18.2 Å². The van der Waals surface area contributed by atoms with Crippen molar-refractivity contribution in [3.63, 3.8) is 0 Å². The normalized spacial score (nSPS) is 13.3. The number of aliphatic carboxylic acids is 1. The Morgan fingerprint density at radius 3 is 2.67 bits per heavy atom. The average molecular weight is 318 g/mol. The van der Waals surface area contributed by atoms with E-state index in [4.69, 9.17) is 21.4 Å². The molecule has 0 aliphatic rings. The van der Waals surface area contributed by atoms with Crippen molar-refractivity contribution in [2.45, 2.75) is 32.2 Å². The molecule has 0 saturated heterocycles. The van der Waals surface area contributed by atoms with Crippen molar-refractivity contribution in [3.8, 4) is 5.75 Å². The van der Waals surface area contributed by atoms with E-state index in [0.29, 0.717) is 12.8 Å². The number of halogens is 2. The second-order valence-corrected chi connectivity index (χ2v) is 5.21. The summed E-state index contributed by atoms with van der Waals surface area (Å²) < 4.78 is 18.0. The molecule has 0 aliphatic carbocycles. The summed E-state index contributed by atoms with van der Waals surface area (Å²) in [5.41, 5.74) is -1.35. The predicted octanol–water partition coefficient (Wildman–Crippen LogP) is 2.62. The first-order valence-electron chi connectivity index (χ1n) is 6.40. The summed E-state index contributed by atoms with van der Waals surface area (Å²) in [6.45, 7) is 2.85. The number of carboxylic acids is 1. The van der Waals surface area contributed by atoms with Crippen LogP contribution in [0.2, 0.25) is 5.02 Å². The molecule has 0 saturated carbocycles. The number of ether oxygens (including phenoxy) is 1. The number of amides is 1. The van der Waals surface area contributed by atoms with Crippen LogP contribution in [0.25, 0.3) is 0 Å². The molecule has 1 aromatic carbocycles. The van der Waals surface area contributed by atoms with Gasteiger partial charge in [-0.3, -0.25) is 4.79 Å². The number of carboxylic acid groups (broad SMARTS) is 1. The summed E-state index contributed by atoms with van der Waals surface area (Å²) in [5.74, 6) is -2.06. The maximum absolute atomic E-state index is 12.9. The lowest BCUT2D eigenvalue weighted by atomic mass is 9.96. The first kappa shape index (κ1) is 17.2. The van der Waals surface area contributed by atoms with Crippen molar-refractivity contribution < 1.29 is 23.8 Å². The summed E-state index contributed by atoms with van der Waals surface area (Å²) in [5, 5.41) is 11.6. The van der Waals surface area contributed by atoms with Crippen molar-refractivity contribution in [1.29, 1.82) is 0 Å². The number of benzene rings is 1. The number of rotatable bonds is 7. The van der Waals surface area contributed by atoms with E-state index in [-0.39, 0.29) is 10.8 Å². The van der Waals surface area contributed by atoms with Gasteiger partial charge in [0.05, 0.1) is 5.02 Å². The number of nitrogens with one attached hydrogen (secondary N) is 1. The largest absolute Gasteiger partial charge is 0.482 e. The molecule has 2 N–H and O–H groups in total. The van der Waals surface area contributed by atoms with Crippen LogP contribution in [-0.4, -0.2) is 29.1 Å². The average Bonchev–Trinajstić information content (AvgIpc) is 2.37. The monoisotopic (exact) mass is 317 g/mol. The molecular formula is C14H17ClFNO4. The Morgan fingerprint density at radius 2 is 2.14 bits per heavy atom. The molecule has 5 nitrogen and oxygen atoms in total. The van der Waals surface area contributed by atoms with Crippen LogP contribution in [0.3, 0.4) is 0 Å². The molecule has 0 aliphatic heterocycles. The fourth-order valence-electron chi connectivity index (χ4n) is 1.80. The third-order valence-electron chi connectivity index (χ3n) is 2.89.